The summed E-state index contributed by atoms with van der Waals surface area (Å²) in [6, 6.07) is 25.1. The van der Waals surface area contributed by atoms with Crippen molar-refractivity contribution in [2.45, 2.75) is 142 Å². The fourth-order valence-corrected chi connectivity index (χ4v) is 11.1. The second kappa shape index (κ2) is 9.65. The fraction of sp³-hybridized carbons (Fsp3) is 0.478. The van der Waals surface area contributed by atoms with Gasteiger partial charge >= 0.3 is 0 Å². The van der Waals surface area contributed by atoms with Gasteiger partial charge in [0, 0.05) is 38.8 Å². The topological polar surface area (TPSA) is 8.17 Å². The zero-order valence-corrected chi connectivity index (χ0v) is 32.0. The number of fused-ring (bicyclic) bond motifs is 10. The number of benzene rings is 4. The van der Waals surface area contributed by atoms with Crippen LogP contribution in [0.1, 0.15) is 137 Å². The van der Waals surface area contributed by atoms with Crippen LogP contribution in [0.4, 0.5) is 11.4 Å². The Bertz CT molecular complexity index is 2230. The van der Waals surface area contributed by atoms with Gasteiger partial charge in [0.1, 0.15) is 0 Å². The Hall–Kier alpha value is -3.46. The normalized spacial score (nSPS) is 22.5. The quantitative estimate of drug-likeness (QED) is 0.170. The van der Waals surface area contributed by atoms with Crippen LogP contribution in [0.2, 0.25) is 0 Å². The monoisotopic (exact) mass is 646 g/mol. The molecule has 1 aromatic heterocycles. The minimum Gasteiger partial charge on any atom is -0.335 e. The van der Waals surface area contributed by atoms with Gasteiger partial charge in [0.05, 0.1) is 11.1 Å². The van der Waals surface area contributed by atoms with Crippen LogP contribution < -0.4 is 21.3 Å². The SMILES string of the molecule is CCC12CCCCC1(CC)N1c3cccc4c3B(c3cc(C(C)(C)C)cc2c31)c1cc(C(C)(C)C)cc2c3cc(C(C)(C)C)ccc3n-4c12. The Labute approximate surface area is 295 Å². The molecule has 0 radical (unpaired) electrons. The molecule has 1 saturated carbocycles. The average Bonchev–Trinajstić information content (AvgIpc) is 3.52. The Morgan fingerprint density at radius 1 is 0.653 bits per heavy atom. The van der Waals surface area contributed by atoms with E-state index in [0.29, 0.717) is 0 Å². The van der Waals surface area contributed by atoms with Crippen LogP contribution in [0.15, 0.2) is 60.7 Å². The molecule has 4 aliphatic rings. The molecule has 1 aliphatic carbocycles. The Kier molecular flexibility index (Phi) is 6.21. The summed E-state index contributed by atoms with van der Waals surface area (Å²) in [6.45, 7) is 26.7. The lowest BCUT2D eigenvalue weighted by atomic mass is 9.33. The summed E-state index contributed by atoms with van der Waals surface area (Å²) in [5, 5.41) is 2.80. The third-order valence-corrected chi connectivity index (χ3v) is 13.8. The molecule has 4 heterocycles. The highest BCUT2D eigenvalue weighted by Gasteiger charge is 2.64. The van der Waals surface area contributed by atoms with Gasteiger partial charge in [-0.25, -0.2) is 0 Å². The van der Waals surface area contributed by atoms with Crippen LogP contribution in [0.3, 0.4) is 0 Å². The van der Waals surface area contributed by atoms with Gasteiger partial charge in [-0.2, -0.15) is 0 Å². The van der Waals surface area contributed by atoms with Crippen LogP contribution in [-0.4, -0.2) is 16.8 Å². The molecule has 0 saturated heterocycles. The maximum absolute atomic E-state index is 2.95. The van der Waals surface area contributed by atoms with Crippen molar-refractivity contribution in [3.8, 4) is 5.69 Å². The molecule has 49 heavy (non-hydrogen) atoms. The van der Waals surface area contributed by atoms with Crippen LogP contribution in [0.5, 0.6) is 0 Å². The summed E-state index contributed by atoms with van der Waals surface area (Å²) in [7, 11) is 0. The lowest BCUT2D eigenvalue weighted by molar-refractivity contribution is 0.147. The van der Waals surface area contributed by atoms with Crippen LogP contribution in [-0.2, 0) is 21.7 Å². The van der Waals surface area contributed by atoms with E-state index in [4.69, 9.17) is 0 Å². The van der Waals surface area contributed by atoms with Crippen molar-refractivity contribution in [1.82, 2.24) is 4.57 Å². The molecule has 3 heteroatoms. The first-order valence-corrected chi connectivity index (χ1v) is 19.3. The maximum Gasteiger partial charge on any atom is 0.252 e. The number of anilines is 2. The summed E-state index contributed by atoms with van der Waals surface area (Å²) in [5.41, 5.74) is 18.1. The highest BCUT2D eigenvalue weighted by Crippen LogP contribution is 2.64. The highest BCUT2D eigenvalue weighted by molar-refractivity contribution is 7.00. The minimum absolute atomic E-state index is 0.0317. The molecule has 5 aromatic rings. The Balaban J connectivity index is 1.49. The molecular weight excluding hydrogens is 591 g/mol. The smallest absolute Gasteiger partial charge is 0.252 e. The Morgan fingerprint density at radius 3 is 1.96 bits per heavy atom. The lowest BCUT2D eigenvalue weighted by Crippen LogP contribution is -2.65. The molecule has 0 bridgehead atoms. The first kappa shape index (κ1) is 31.5. The van der Waals surface area contributed by atoms with Crippen molar-refractivity contribution in [2.24, 2.45) is 0 Å². The van der Waals surface area contributed by atoms with Crippen molar-refractivity contribution in [3.05, 3.63) is 82.9 Å². The van der Waals surface area contributed by atoms with Gasteiger partial charge in [0.25, 0.3) is 6.71 Å². The van der Waals surface area contributed by atoms with Crippen molar-refractivity contribution < 1.29 is 0 Å². The van der Waals surface area contributed by atoms with E-state index in [2.05, 4.69) is 146 Å². The van der Waals surface area contributed by atoms with E-state index < -0.39 is 0 Å². The van der Waals surface area contributed by atoms with Gasteiger partial charge < -0.3 is 9.47 Å². The van der Waals surface area contributed by atoms with Crippen molar-refractivity contribution >= 4 is 56.3 Å². The number of rotatable bonds is 2. The fourth-order valence-electron chi connectivity index (χ4n) is 11.1. The van der Waals surface area contributed by atoms with Crippen LogP contribution >= 0.6 is 0 Å². The molecule has 4 aromatic carbocycles. The van der Waals surface area contributed by atoms with E-state index in [0.717, 1.165) is 0 Å². The second-order valence-electron chi connectivity index (χ2n) is 19.2. The average molecular weight is 647 g/mol. The molecule has 1 fully saturated rings. The van der Waals surface area contributed by atoms with Gasteiger partial charge in [-0.3, -0.25) is 0 Å². The largest absolute Gasteiger partial charge is 0.335 e. The summed E-state index contributed by atoms with van der Waals surface area (Å²) in [6.07, 6.45) is 7.57. The molecule has 252 valence electrons. The van der Waals surface area contributed by atoms with Gasteiger partial charge in [-0.1, -0.05) is 119 Å². The number of hydrogen-bond donors (Lipinski definition) is 0. The summed E-state index contributed by atoms with van der Waals surface area (Å²) < 4.78 is 2.66. The number of nitrogens with zero attached hydrogens (tertiary/aromatic N) is 2. The molecule has 0 spiro atoms. The zero-order chi connectivity index (χ0) is 34.6. The predicted octanol–water partition coefficient (Wildman–Crippen LogP) is 10.3. The summed E-state index contributed by atoms with van der Waals surface area (Å²) >= 11 is 0. The number of hydrogen-bond acceptors (Lipinski definition) is 1. The third kappa shape index (κ3) is 3.81. The van der Waals surface area contributed by atoms with E-state index in [1.54, 1.807) is 16.7 Å². The van der Waals surface area contributed by atoms with Gasteiger partial charge in [0.15, 0.2) is 0 Å². The molecule has 0 amide bonds. The van der Waals surface area contributed by atoms with Gasteiger partial charge in [-0.15, -0.1) is 0 Å². The third-order valence-electron chi connectivity index (χ3n) is 13.8. The standard InChI is InChI=1S/C46H55BN2/c1-12-45-21-14-15-22-46(45,13-2)49-38-18-16-17-37-39(38)47(35-27-30(44(9,10)11)25-33(45)41(35)49)34-26-29(43(6,7)8)24-32-31-23-28(42(3,4)5)19-20-36(31)48(37)40(32)34/h16-20,23-27H,12-15,21-22H2,1-11H3. The van der Waals surface area contributed by atoms with Crippen LogP contribution in [0, 0.1) is 0 Å². The van der Waals surface area contributed by atoms with Crippen molar-refractivity contribution in [3.63, 3.8) is 0 Å². The maximum atomic E-state index is 2.95. The molecule has 0 N–H and O–H groups in total. The van der Waals surface area contributed by atoms with Crippen molar-refractivity contribution in [2.75, 3.05) is 4.90 Å². The van der Waals surface area contributed by atoms with Crippen LogP contribution in [0.25, 0.3) is 27.5 Å². The van der Waals surface area contributed by atoms with Gasteiger partial charge in [-0.05, 0) is 111 Å². The van der Waals surface area contributed by atoms with Crippen molar-refractivity contribution in [1.29, 1.82) is 0 Å². The highest BCUT2D eigenvalue weighted by atomic mass is 15.3. The first-order valence-electron chi connectivity index (χ1n) is 19.3. The molecule has 9 rings (SSSR count). The van der Waals surface area contributed by atoms with Gasteiger partial charge in [0.2, 0.25) is 0 Å². The summed E-state index contributed by atoms with van der Waals surface area (Å²) in [4.78, 5) is 2.95. The van der Waals surface area contributed by atoms with E-state index in [9.17, 15) is 0 Å². The van der Waals surface area contributed by atoms with E-state index in [-0.39, 0.29) is 33.9 Å². The first-order chi connectivity index (χ1) is 23.1. The van der Waals surface area contributed by atoms with E-state index in [1.807, 2.05) is 0 Å². The lowest BCUT2D eigenvalue weighted by Gasteiger charge is -2.55. The van der Waals surface area contributed by atoms with E-state index in [1.165, 1.54) is 99.3 Å². The zero-order valence-electron chi connectivity index (χ0n) is 32.0. The molecular formula is C46H55BN2. The molecule has 2 unspecified atom stereocenters. The van der Waals surface area contributed by atoms with E-state index >= 15 is 0 Å². The predicted molar refractivity (Wildman–Crippen MR) is 214 cm³/mol. The minimum atomic E-state index is 0.0317. The second-order valence-corrected chi connectivity index (χ2v) is 19.2. The molecule has 2 atom stereocenters. The molecule has 2 nitrogen and oxygen atoms in total. The number of aromatic nitrogens is 1. The summed E-state index contributed by atoms with van der Waals surface area (Å²) in [5.74, 6) is 0. The molecule has 3 aliphatic heterocycles. The Morgan fingerprint density at radius 2 is 1.29 bits per heavy atom.